The highest BCUT2D eigenvalue weighted by Crippen LogP contribution is 2.46. The Morgan fingerprint density at radius 3 is 2.25 bits per heavy atom. The van der Waals surface area contributed by atoms with E-state index in [4.69, 9.17) is 18.6 Å². The highest BCUT2D eigenvalue weighted by molar-refractivity contribution is 7.32. The van der Waals surface area contributed by atoms with Gasteiger partial charge in [-0.15, -0.1) is 4.89 Å². The van der Waals surface area contributed by atoms with E-state index in [2.05, 4.69) is 0 Å². The Bertz CT molecular complexity index is 930. The fourth-order valence-corrected chi connectivity index (χ4v) is 2.82. The Balaban J connectivity index is 2.48. The van der Waals surface area contributed by atoms with Gasteiger partial charge in [0.25, 0.3) is 0 Å². The lowest BCUT2D eigenvalue weighted by Crippen LogP contribution is -2.02. The van der Waals surface area contributed by atoms with Gasteiger partial charge in [0, 0.05) is 29.2 Å². The van der Waals surface area contributed by atoms with Crippen LogP contribution < -0.4 is 9.26 Å². The number of carbonyl (C=O) groups is 2. The van der Waals surface area contributed by atoms with Gasteiger partial charge in [-0.25, -0.2) is 4.52 Å². The molecule has 1 aromatic heterocycles. The standard InChI is InChI=1S/C16H11O7P/c1-8(17)13-7-12-14(23-24(19)20)10-5-3-4-6-11(10)15(16(12)22-13)21-9(2)18/h3-7H,1-2H3/p+1. The van der Waals surface area contributed by atoms with Gasteiger partial charge in [0.1, 0.15) is 0 Å². The molecule has 1 N–H and O–H groups in total. The molecule has 0 saturated heterocycles. The summed E-state index contributed by atoms with van der Waals surface area (Å²) in [5, 5.41) is 1.18. The number of benzene rings is 2. The molecule has 0 amide bonds. The summed E-state index contributed by atoms with van der Waals surface area (Å²) in [6.07, 6.45) is 0. The zero-order valence-corrected chi connectivity index (χ0v) is 13.6. The van der Waals surface area contributed by atoms with Gasteiger partial charge < -0.3 is 9.15 Å². The summed E-state index contributed by atoms with van der Waals surface area (Å²) in [7, 11) is -2.94. The van der Waals surface area contributed by atoms with Crippen molar-refractivity contribution in [3.8, 4) is 11.5 Å². The molecule has 24 heavy (non-hydrogen) atoms. The molecule has 3 rings (SSSR count). The van der Waals surface area contributed by atoms with Gasteiger partial charge in [-0.2, -0.15) is 0 Å². The smallest absolute Gasteiger partial charge is 0.449 e. The number of fused-ring (bicyclic) bond motifs is 2. The lowest BCUT2D eigenvalue weighted by molar-refractivity contribution is -0.131. The summed E-state index contributed by atoms with van der Waals surface area (Å²) in [6.45, 7) is 2.56. The quantitative estimate of drug-likeness (QED) is 0.332. The zero-order chi connectivity index (χ0) is 17.4. The van der Waals surface area contributed by atoms with E-state index in [1.54, 1.807) is 24.3 Å². The van der Waals surface area contributed by atoms with Crippen LogP contribution in [-0.4, -0.2) is 16.6 Å². The molecule has 1 heterocycles. The van der Waals surface area contributed by atoms with E-state index in [9.17, 15) is 14.2 Å². The predicted molar refractivity (Wildman–Crippen MR) is 85.5 cm³/mol. The molecule has 1 unspecified atom stereocenters. The first-order valence-corrected chi connectivity index (χ1v) is 8.03. The molecule has 0 bridgehead atoms. The van der Waals surface area contributed by atoms with Crippen molar-refractivity contribution in [2.24, 2.45) is 0 Å². The number of furan rings is 1. The van der Waals surface area contributed by atoms with Gasteiger partial charge in [0.05, 0.1) is 5.39 Å². The molecule has 1 atom stereocenters. The fraction of sp³-hybridized carbons (Fsp3) is 0.125. The molecule has 0 aliphatic rings. The summed E-state index contributed by atoms with van der Waals surface area (Å²) < 4.78 is 27.0. The Morgan fingerprint density at radius 2 is 1.71 bits per heavy atom. The van der Waals surface area contributed by atoms with Crippen molar-refractivity contribution in [2.45, 2.75) is 13.8 Å². The zero-order valence-electron chi connectivity index (χ0n) is 12.7. The topological polar surface area (TPSA) is 103 Å². The molecule has 0 saturated carbocycles. The number of Topliss-reactive ketones (excluding diaryl/α,β-unsaturated/α-hetero) is 1. The number of carbonyl (C=O) groups excluding carboxylic acids is 2. The van der Waals surface area contributed by atoms with E-state index in [0.717, 1.165) is 0 Å². The largest absolute Gasteiger partial charge is 0.747 e. The van der Waals surface area contributed by atoms with Crippen LogP contribution in [0.3, 0.4) is 0 Å². The number of ether oxygens (including phenoxy) is 1. The second kappa shape index (κ2) is 6.03. The molecule has 8 heteroatoms. The summed E-state index contributed by atoms with van der Waals surface area (Å²) in [6, 6.07) is 8.11. The number of hydrogen-bond acceptors (Lipinski definition) is 6. The first-order valence-electron chi connectivity index (χ1n) is 6.90. The molecule has 3 aromatic rings. The summed E-state index contributed by atoms with van der Waals surface area (Å²) >= 11 is 0. The Hall–Kier alpha value is -2.76. The first-order chi connectivity index (χ1) is 11.4. The molecule has 0 spiro atoms. The summed E-state index contributed by atoms with van der Waals surface area (Å²) in [5.41, 5.74) is 0.0981. The number of hydrogen-bond donors (Lipinski definition) is 1. The van der Waals surface area contributed by atoms with Crippen molar-refractivity contribution < 1.29 is 32.7 Å². The number of rotatable bonds is 4. The Morgan fingerprint density at radius 1 is 1.08 bits per heavy atom. The molecule has 2 aromatic carbocycles. The molecule has 7 nitrogen and oxygen atoms in total. The van der Waals surface area contributed by atoms with Crippen LogP contribution in [0.25, 0.3) is 21.7 Å². The van der Waals surface area contributed by atoms with Crippen molar-refractivity contribution >= 4 is 41.7 Å². The molecule has 0 fully saturated rings. The highest BCUT2D eigenvalue weighted by Gasteiger charge is 2.27. The molecule has 122 valence electrons. The lowest BCUT2D eigenvalue weighted by Gasteiger charge is -2.09. The van der Waals surface area contributed by atoms with Crippen LogP contribution in [0.2, 0.25) is 0 Å². The molecular weight excluding hydrogens is 335 g/mol. The third kappa shape index (κ3) is 2.75. The van der Waals surface area contributed by atoms with E-state index in [1.165, 1.54) is 19.9 Å². The number of ketones is 1. The minimum atomic E-state index is -2.94. The number of esters is 1. The van der Waals surface area contributed by atoms with Crippen molar-refractivity contribution in [1.82, 2.24) is 0 Å². The third-order valence-electron chi connectivity index (χ3n) is 3.36. The third-order valence-corrected chi connectivity index (χ3v) is 3.70. The lowest BCUT2D eigenvalue weighted by atomic mass is 10.1. The first kappa shape index (κ1) is 16.1. The Kier molecular flexibility index (Phi) is 4.05. The summed E-state index contributed by atoms with van der Waals surface area (Å²) in [5.74, 6) is -0.684. The predicted octanol–water partition coefficient (Wildman–Crippen LogP) is 3.74. The fourth-order valence-electron chi connectivity index (χ4n) is 2.47. The summed E-state index contributed by atoms with van der Waals surface area (Å²) in [4.78, 5) is 32.2. The van der Waals surface area contributed by atoms with Crippen LogP contribution >= 0.6 is 8.25 Å². The van der Waals surface area contributed by atoms with E-state index >= 15 is 0 Å². The monoisotopic (exact) mass is 347 g/mol. The second-order valence-electron chi connectivity index (χ2n) is 5.04. The van der Waals surface area contributed by atoms with Crippen LogP contribution in [0.15, 0.2) is 34.7 Å². The van der Waals surface area contributed by atoms with E-state index < -0.39 is 14.2 Å². The van der Waals surface area contributed by atoms with Crippen LogP contribution in [0.5, 0.6) is 11.5 Å². The van der Waals surface area contributed by atoms with Crippen LogP contribution in [0.1, 0.15) is 24.4 Å². The normalized spacial score (nSPS) is 11.5. The minimum Gasteiger partial charge on any atom is -0.449 e. The maximum Gasteiger partial charge on any atom is 0.747 e. The van der Waals surface area contributed by atoms with Crippen molar-refractivity contribution in [1.29, 1.82) is 0 Å². The maximum absolute atomic E-state index is 11.6. The van der Waals surface area contributed by atoms with Crippen molar-refractivity contribution in [2.75, 3.05) is 0 Å². The molecular formula is C16H12O7P+. The van der Waals surface area contributed by atoms with Crippen LogP contribution in [-0.2, 0) is 9.36 Å². The van der Waals surface area contributed by atoms with Gasteiger partial charge in [0.15, 0.2) is 22.9 Å². The van der Waals surface area contributed by atoms with Gasteiger partial charge in [-0.05, 0) is 6.07 Å². The maximum atomic E-state index is 11.6. The van der Waals surface area contributed by atoms with E-state index in [1.807, 2.05) is 0 Å². The average molecular weight is 347 g/mol. The highest BCUT2D eigenvalue weighted by atomic mass is 31.1. The van der Waals surface area contributed by atoms with Gasteiger partial charge in [-0.1, -0.05) is 24.3 Å². The molecule has 0 aliphatic heterocycles. The average Bonchev–Trinajstić information content (AvgIpc) is 2.95. The van der Waals surface area contributed by atoms with Crippen LogP contribution in [0.4, 0.5) is 0 Å². The SMILES string of the molecule is CC(=O)Oc1c2ccccc2c(O[P+](=O)O)c2cc(C(C)=O)oc12. The molecule has 0 aliphatic carbocycles. The Labute approximate surface area is 136 Å². The van der Waals surface area contributed by atoms with Gasteiger partial charge in [-0.3, -0.25) is 9.59 Å². The minimum absolute atomic E-state index is 0.0201. The second-order valence-corrected chi connectivity index (χ2v) is 5.69. The molecule has 0 radical (unpaired) electrons. The van der Waals surface area contributed by atoms with Crippen molar-refractivity contribution in [3.63, 3.8) is 0 Å². The van der Waals surface area contributed by atoms with Gasteiger partial charge >= 0.3 is 14.2 Å². The van der Waals surface area contributed by atoms with E-state index in [-0.39, 0.29) is 34.0 Å². The van der Waals surface area contributed by atoms with Gasteiger partial charge in [0.2, 0.25) is 5.75 Å². The van der Waals surface area contributed by atoms with Crippen molar-refractivity contribution in [3.05, 3.63) is 36.1 Å². The van der Waals surface area contributed by atoms with E-state index in [0.29, 0.717) is 10.8 Å². The van der Waals surface area contributed by atoms with Crippen LogP contribution in [0, 0.1) is 0 Å².